The van der Waals surface area contributed by atoms with E-state index in [2.05, 4.69) is 0 Å². The average Bonchev–Trinajstić information content (AvgIpc) is 1.96. The molecule has 1 aliphatic rings. The van der Waals surface area contributed by atoms with Crippen molar-refractivity contribution in [1.82, 2.24) is 0 Å². The number of allylic oxidation sites excluding steroid dienone is 2. The Labute approximate surface area is 77.7 Å². The summed E-state index contributed by atoms with van der Waals surface area (Å²) in [5.74, 6) is 0. The van der Waals surface area contributed by atoms with Crippen LogP contribution in [0, 0.1) is 0 Å². The van der Waals surface area contributed by atoms with E-state index in [9.17, 15) is 10.1 Å². The predicted molar refractivity (Wildman–Crippen MR) is 51.1 cm³/mol. The van der Waals surface area contributed by atoms with Crippen LogP contribution in [0.4, 0.5) is 0 Å². The Bertz CT molecular complexity index is 245. The minimum Gasteiger partial charge on any atom is -0.447 e. The van der Waals surface area contributed by atoms with Crippen LogP contribution in [-0.2, 0) is 0 Å². The molecule has 2 nitrogen and oxygen atoms in total. The van der Waals surface area contributed by atoms with Crippen LogP contribution in [0.25, 0.3) is 0 Å². The third-order valence-electron chi connectivity index (χ3n) is 2.10. The van der Waals surface area contributed by atoms with Gasteiger partial charge in [-0.05, 0) is 19.4 Å². The largest absolute Gasteiger partial charge is 0.447 e. The second-order valence-electron chi connectivity index (χ2n) is 3.13. The molecule has 0 fully saturated rings. The van der Waals surface area contributed by atoms with E-state index in [-0.39, 0.29) is 0 Å². The normalized spacial score (nSPS) is 24.1. The van der Waals surface area contributed by atoms with Crippen LogP contribution in [0.3, 0.4) is 0 Å². The Morgan fingerprint density at radius 3 is 2.75 bits per heavy atom. The van der Waals surface area contributed by atoms with Gasteiger partial charge in [-0.1, -0.05) is 29.5 Å². The first-order valence-electron chi connectivity index (χ1n) is 3.95. The summed E-state index contributed by atoms with van der Waals surface area (Å²) >= 11 is 5.73. The Morgan fingerprint density at radius 2 is 2.25 bits per heavy atom. The molecular weight excluding hydrogens is 174 g/mol. The number of hydrogen-bond acceptors (Lipinski definition) is 2. The van der Waals surface area contributed by atoms with Gasteiger partial charge < -0.3 is 10.1 Å². The van der Waals surface area contributed by atoms with Gasteiger partial charge in [0, 0.05) is 5.03 Å². The molecule has 0 saturated heterocycles. The minimum absolute atomic E-state index is 0.443. The van der Waals surface area contributed by atoms with Crippen molar-refractivity contribution in [1.29, 1.82) is 0 Å². The Kier molecular flexibility index (Phi) is 2.99. The van der Waals surface area contributed by atoms with Gasteiger partial charge in [0.2, 0.25) is 0 Å². The Balaban J connectivity index is 2.93. The van der Waals surface area contributed by atoms with Crippen molar-refractivity contribution in [2.75, 3.05) is 0 Å². The molecule has 0 aromatic rings. The fourth-order valence-electron chi connectivity index (χ4n) is 1.36. The summed E-state index contributed by atoms with van der Waals surface area (Å²) < 4.78 is 0. The maximum atomic E-state index is 9.37. The molecule has 12 heavy (non-hydrogen) atoms. The third-order valence-corrected chi connectivity index (χ3v) is 2.46. The first-order chi connectivity index (χ1) is 5.52. The summed E-state index contributed by atoms with van der Waals surface area (Å²) in [4.78, 5) is 0. The van der Waals surface area contributed by atoms with Crippen LogP contribution < -0.4 is 0 Å². The molecule has 1 aliphatic carbocycles. The van der Waals surface area contributed by atoms with Crippen LogP contribution in [0.2, 0.25) is 6.82 Å². The predicted octanol–water partition coefficient (Wildman–Crippen LogP) is 1.34. The molecule has 0 aliphatic heterocycles. The molecule has 2 N–H and O–H groups in total. The monoisotopic (exact) mass is 186 g/mol. The second kappa shape index (κ2) is 3.65. The fraction of sp³-hybridized carbons (Fsp3) is 0.500. The average molecular weight is 186 g/mol. The van der Waals surface area contributed by atoms with Gasteiger partial charge in [-0.15, -0.1) is 0 Å². The lowest BCUT2D eigenvalue weighted by atomic mass is 9.59. The van der Waals surface area contributed by atoms with Gasteiger partial charge in [-0.25, -0.2) is 0 Å². The van der Waals surface area contributed by atoms with Gasteiger partial charge in [-0.2, -0.15) is 0 Å². The fourth-order valence-corrected chi connectivity index (χ4v) is 1.60. The molecule has 1 rings (SSSR count). The summed E-state index contributed by atoms with van der Waals surface area (Å²) in [5, 5.41) is 19.1. The third kappa shape index (κ3) is 1.92. The smallest absolute Gasteiger partial charge is 0.316 e. The highest BCUT2D eigenvalue weighted by Gasteiger charge is 2.22. The van der Waals surface area contributed by atoms with Gasteiger partial charge >= 0.3 is 6.92 Å². The van der Waals surface area contributed by atoms with E-state index >= 15 is 0 Å². The SMILES string of the molecule is CB(O)C1=C(C)C=C(Cl)C(O)C1. The van der Waals surface area contributed by atoms with Crippen molar-refractivity contribution in [2.45, 2.75) is 26.3 Å². The van der Waals surface area contributed by atoms with Gasteiger partial charge in [0.15, 0.2) is 0 Å². The zero-order valence-electron chi connectivity index (χ0n) is 7.21. The van der Waals surface area contributed by atoms with Crippen molar-refractivity contribution in [3.05, 3.63) is 22.2 Å². The van der Waals surface area contributed by atoms with E-state index in [0.717, 1.165) is 11.0 Å². The molecule has 66 valence electrons. The van der Waals surface area contributed by atoms with Crippen molar-refractivity contribution in [3.63, 3.8) is 0 Å². The summed E-state index contributed by atoms with van der Waals surface area (Å²) in [5.41, 5.74) is 1.83. The Hall–Kier alpha value is -0.245. The molecule has 0 amide bonds. The highest BCUT2D eigenvalue weighted by atomic mass is 35.5. The van der Waals surface area contributed by atoms with Gasteiger partial charge in [0.05, 0.1) is 6.10 Å². The molecule has 0 spiro atoms. The molecule has 1 atom stereocenters. The van der Waals surface area contributed by atoms with E-state index in [1.165, 1.54) is 0 Å². The molecule has 0 aromatic heterocycles. The lowest BCUT2D eigenvalue weighted by molar-refractivity contribution is 0.218. The van der Waals surface area contributed by atoms with Crippen LogP contribution in [0.15, 0.2) is 22.2 Å². The maximum absolute atomic E-state index is 9.37. The first kappa shape index (κ1) is 9.84. The Morgan fingerprint density at radius 1 is 1.67 bits per heavy atom. The van der Waals surface area contributed by atoms with E-state index in [4.69, 9.17) is 11.6 Å². The molecule has 0 bridgehead atoms. The number of aliphatic hydroxyl groups excluding tert-OH is 1. The second-order valence-corrected chi connectivity index (χ2v) is 3.57. The topological polar surface area (TPSA) is 40.5 Å². The summed E-state index contributed by atoms with van der Waals surface area (Å²) in [6.07, 6.45) is 1.51. The summed E-state index contributed by atoms with van der Waals surface area (Å²) in [7, 11) is 0. The molecule has 0 radical (unpaired) electrons. The molecule has 1 unspecified atom stereocenters. The molecule has 4 heteroatoms. The molecule has 0 saturated carbocycles. The molecule has 0 heterocycles. The maximum Gasteiger partial charge on any atom is 0.316 e. The lowest BCUT2D eigenvalue weighted by Crippen LogP contribution is -2.22. The highest BCUT2D eigenvalue weighted by Crippen LogP contribution is 2.27. The number of hydrogen-bond donors (Lipinski definition) is 2. The number of aliphatic hydroxyl groups is 1. The summed E-state index contributed by atoms with van der Waals surface area (Å²) in [6, 6.07) is 0. The zero-order chi connectivity index (χ0) is 9.30. The van der Waals surface area contributed by atoms with Crippen LogP contribution >= 0.6 is 11.6 Å². The molecular formula is C8H12BClO2. The van der Waals surface area contributed by atoms with E-state index < -0.39 is 13.0 Å². The van der Waals surface area contributed by atoms with Crippen LogP contribution in [0.5, 0.6) is 0 Å². The van der Waals surface area contributed by atoms with E-state index in [0.29, 0.717) is 11.5 Å². The van der Waals surface area contributed by atoms with Crippen molar-refractivity contribution >= 4 is 18.5 Å². The zero-order valence-corrected chi connectivity index (χ0v) is 7.97. The quantitative estimate of drug-likeness (QED) is 0.607. The van der Waals surface area contributed by atoms with E-state index in [1.54, 1.807) is 12.9 Å². The molecule has 0 aromatic carbocycles. The van der Waals surface area contributed by atoms with Crippen LogP contribution in [0.1, 0.15) is 13.3 Å². The summed E-state index contributed by atoms with van der Waals surface area (Å²) in [6.45, 7) is 3.08. The van der Waals surface area contributed by atoms with Crippen molar-refractivity contribution < 1.29 is 10.1 Å². The van der Waals surface area contributed by atoms with Gasteiger partial charge in [-0.3, -0.25) is 0 Å². The van der Waals surface area contributed by atoms with Crippen molar-refractivity contribution in [2.24, 2.45) is 0 Å². The van der Waals surface area contributed by atoms with Crippen LogP contribution in [-0.4, -0.2) is 23.2 Å². The minimum atomic E-state index is -0.639. The number of rotatable bonds is 1. The van der Waals surface area contributed by atoms with Crippen molar-refractivity contribution in [3.8, 4) is 0 Å². The lowest BCUT2D eigenvalue weighted by Gasteiger charge is -2.20. The first-order valence-corrected chi connectivity index (χ1v) is 4.33. The van der Waals surface area contributed by atoms with E-state index in [1.807, 2.05) is 6.92 Å². The van der Waals surface area contributed by atoms with Gasteiger partial charge in [0.25, 0.3) is 0 Å². The standard InChI is InChI=1S/C8H12BClO2/c1-5-3-7(10)8(11)4-6(5)9(2)12/h3,8,11-12H,4H2,1-2H3. The van der Waals surface area contributed by atoms with Gasteiger partial charge in [0.1, 0.15) is 0 Å². The highest BCUT2D eigenvalue weighted by molar-refractivity contribution is 6.57. The number of halogens is 1.